The first-order chi connectivity index (χ1) is 9.93. The summed E-state index contributed by atoms with van der Waals surface area (Å²) in [4.78, 5) is 11.9. The van der Waals surface area contributed by atoms with Gasteiger partial charge in [-0.05, 0) is 32.0 Å². The molecular weight excluding hydrogens is 336 g/mol. The van der Waals surface area contributed by atoms with E-state index in [1.165, 1.54) is 11.8 Å². The first-order valence-corrected chi connectivity index (χ1v) is 7.22. The van der Waals surface area contributed by atoms with Crippen molar-refractivity contribution in [3.8, 4) is 5.69 Å². The van der Waals surface area contributed by atoms with Crippen molar-refractivity contribution in [2.75, 3.05) is 18.2 Å². The Bertz CT molecular complexity index is 667. The van der Waals surface area contributed by atoms with E-state index < -0.39 is 5.97 Å². The van der Waals surface area contributed by atoms with Crippen LogP contribution < -0.4 is 11.1 Å². The summed E-state index contributed by atoms with van der Waals surface area (Å²) in [5.74, 6) is 0.134. The lowest BCUT2D eigenvalue weighted by Gasteiger charge is -2.07. The molecule has 21 heavy (non-hydrogen) atoms. The van der Waals surface area contributed by atoms with Gasteiger partial charge in [0.2, 0.25) is 0 Å². The highest BCUT2D eigenvalue weighted by molar-refractivity contribution is 9.10. The number of rotatable bonds is 4. The van der Waals surface area contributed by atoms with Gasteiger partial charge >= 0.3 is 5.97 Å². The van der Waals surface area contributed by atoms with E-state index in [0.717, 1.165) is 10.2 Å². The van der Waals surface area contributed by atoms with Crippen molar-refractivity contribution in [1.29, 1.82) is 0 Å². The summed E-state index contributed by atoms with van der Waals surface area (Å²) >= 11 is 3.40. The van der Waals surface area contributed by atoms with Gasteiger partial charge in [0.1, 0.15) is 11.4 Å². The Balaban J connectivity index is 2.58. The maximum Gasteiger partial charge on any atom is 0.345 e. The van der Waals surface area contributed by atoms with Crippen LogP contribution in [-0.4, -0.2) is 28.9 Å². The van der Waals surface area contributed by atoms with Crippen LogP contribution in [0.4, 0.5) is 11.6 Å². The van der Waals surface area contributed by atoms with E-state index in [4.69, 9.17) is 10.5 Å². The van der Waals surface area contributed by atoms with Crippen molar-refractivity contribution in [3.63, 3.8) is 0 Å². The fourth-order valence-electron chi connectivity index (χ4n) is 1.91. The number of aromatic nitrogens is 2. The zero-order valence-electron chi connectivity index (χ0n) is 12.1. The third-order valence-corrected chi connectivity index (χ3v) is 3.28. The number of nitrogen functional groups attached to an aromatic ring is 1. The van der Waals surface area contributed by atoms with Gasteiger partial charge in [-0.15, -0.1) is 5.10 Å². The van der Waals surface area contributed by atoms with Crippen LogP contribution in [0.25, 0.3) is 5.69 Å². The van der Waals surface area contributed by atoms with Gasteiger partial charge < -0.3 is 15.8 Å². The summed E-state index contributed by atoms with van der Waals surface area (Å²) < 4.78 is 7.20. The molecule has 1 aromatic heterocycles. The molecule has 0 saturated heterocycles. The van der Waals surface area contributed by atoms with Gasteiger partial charge in [-0.2, -0.15) is 0 Å². The van der Waals surface area contributed by atoms with Crippen molar-refractivity contribution < 1.29 is 9.53 Å². The second kappa shape index (κ2) is 6.17. The Labute approximate surface area is 131 Å². The van der Waals surface area contributed by atoms with E-state index in [0.29, 0.717) is 5.82 Å². The molecular formula is C14H17BrN4O2. The monoisotopic (exact) mass is 352 g/mol. The number of benzene rings is 1. The summed E-state index contributed by atoms with van der Waals surface area (Å²) in [5, 5.41) is 7.50. The standard InChI is InChI=1S/C14H17BrN4O2/c1-8(2)17-13-11(14(20)21-3)12(16)19(18-13)10-6-4-5-9(15)7-10/h4-8H,16H2,1-3H3,(H,17,18). The molecule has 0 atom stereocenters. The molecule has 2 aromatic rings. The molecule has 0 fully saturated rings. The predicted octanol–water partition coefficient (Wildman–Crippen LogP) is 2.82. The molecule has 0 aliphatic carbocycles. The minimum atomic E-state index is -0.517. The second-order valence-electron chi connectivity index (χ2n) is 4.79. The summed E-state index contributed by atoms with van der Waals surface area (Å²) in [6.07, 6.45) is 0. The fourth-order valence-corrected chi connectivity index (χ4v) is 2.30. The Kier molecular flexibility index (Phi) is 4.52. The zero-order chi connectivity index (χ0) is 15.6. The molecule has 3 N–H and O–H groups in total. The number of halogens is 1. The van der Waals surface area contributed by atoms with Crippen LogP contribution in [0, 0.1) is 0 Å². The number of nitrogens with one attached hydrogen (secondary N) is 1. The molecule has 0 aliphatic heterocycles. The van der Waals surface area contributed by atoms with Crippen LogP contribution in [0.3, 0.4) is 0 Å². The lowest BCUT2D eigenvalue weighted by molar-refractivity contribution is 0.0603. The molecule has 2 rings (SSSR count). The van der Waals surface area contributed by atoms with Gasteiger partial charge in [0.15, 0.2) is 5.82 Å². The molecule has 0 radical (unpaired) electrons. The average molecular weight is 353 g/mol. The van der Waals surface area contributed by atoms with Crippen molar-refractivity contribution in [1.82, 2.24) is 9.78 Å². The maximum atomic E-state index is 11.9. The quantitative estimate of drug-likeness (QED) is 0.826. The van der Waals surface area contributed by atoms with E-state index in [1.54, 1.807) is 0 Å². The largest absolute Gasteiger partial charge is 0.465 e. The summed E-state index contributed by atoms with van der Waals surface area (Å²) in [6.45, 7) is 3.91. The van der Waals surface area contributed by atoms with Gasteiger partial charge in [0.25, 0.3) is 0 Å². The van der Waals surface area contributed by atoms with Crippen LogP contribution in [0.1, 0.15) is 24.2 Å². The molecule has 112 valence electrons. The SMILES string of the molecule is COC(=O)c1c(NC(C)C)nn(-c2cccc(Br)c2)c1N. The van der Waals surface area contributed by atoms with Crippen LogP contribution in [0.2, 0.25) is 0 Å². The Morgan fingerprint density at radius 2 is 2.19 bits per heavy atom. The zero-order valence-corrected chi connectivity index (χ0v) is 13.6. The van der Waals surface area contributed by atoms with Crippen LogP contribution in [0.5, 0.6) is 0 Å². The Morgan fingerprint density at radius 3 is 2.76 bits per heavy atom. The average Bonchev–Trinajstić information content (AvgIpc) is 2.74. The lowest BCUT2D eigenvalue weighted by Crippen LogP contribution is -2.14. The van der Waals surface area contributed by atoms with E-state index in [9.17, 15) is 4.79 Å². The van der Waals surface area contributed by atoms with Crippen LogP contribution in [-0.2, 0) is 4.74 Å². The number of esters is 1. The summed E-state index contributed by atoms with van der Waals surface area (Å²) in [7, 11) is 1.32. The lowest BCUT2D eigenvalue weighted by atomic mass is 10.2. The number of hydrogen-bond acceptors (Lipinski definition) is 5. The molecule has 1 heterocycles. The Morgan fingerprint density at radius 1 is 1.48 bits per heavy atom. The van der Waals surface area contributed by atoms with Gasteiger partial charge in [-0.3, -0.25) is 0 Å². The van der Waals surface area contributed by atoms with Crippen molar-refractivity contribution in [2.45, 2.75) is 19.9 Å². The van der Waals surface area contributed by atoms with Crippen LogP contribution in [0.15, 0.2) is 28.7 Å². The molecule has 0 bridgehead atoms. The summed E-state index contributed by atoms with van der Waals surface area (Å²) in [5.41, 5.74) is 7.08. The fraction of sp³-hybridized carbons (Fsp3) is 0.286. The molecule has 1 aromatic carbocycles. The number of carbonyl (C=O) groups is 1. The molecule has 0 unspecified atom stereocenters. The van der Waals surface area contributed by atoms with E-state index >= 15 is 0 Å². The molecule has 7 heteroatoms. The first kappa shape index (κ1) is 15.4. The minimum Gasteiger partial charge on any atom is -0.465 e. The maximum absolute atomic E-state index is 11.9. The number of nitrogens with two attached hydrogens (primary N) is 1. The van der Waals surface area contributed by atoms with Gasteiger partial charge in [0.05, 0.1) is 12.8 Å². The smallest absolute Gasteiger partial charge is 0.345 e. The molecule has 0 spiro atoms. The second-order valence-corrected chi connectivity index (χ2v) is 5.71. The van der Waals surface area contributed by atoms with Crippen LogP contribution >= 0.6 is 15.9 Å². The number of anilines is 2. The van der Waals surface area contributed by atoms with E-state index in [1.807, 2.05) is 38.1 Å². The summed E-state index contributed by atoms with van der Waals surface area (Å²) in [6, 6.07) is 7.60. The third-order valence-electron chi connectivity index (χ3n) is 2.79. The highest BCUT2D eigenvalue weighted by Crippen LogP contribution is 2.27. The highest BCUT2D eigenvalue weighted by Gasteiger charge is 2.24. The van der Waals surface area contributed by atoms with Crippen molar-refractivity contribution >= 4 is 33.5 Å². The van der Waals surface area contributed by atoms with Gasteiger partial charge in [0, 0.05) is 10.5 Å². The number of ether oxygens (including phenoxy) is 1. The van der Waals surface area contributed by atoms with Gasteiger partial charge in [-0.1, -0.05) is 22.0 Å². The molecule has 0 amide bonds. The molecule has 0 saturated carbocycles. The first-order valence-electron chi connectivity index (χ1n) is 6.43. The minimum absolute atomic E-state index is 0.110. The molecule has 6 nitrogen and oxygen atoms in total. The Hall–Kier alpha value is -2.02. The third kappa shape index (κ3) is 3.18. The number of carbonyl (C=O) groups excluding carboxylic acids is 1. The number of nitrogens with zero attached hydrogens (tertiary/aromatic N) is 2. The van der Waals surface area contributed by atoms with Crippen molar-refractivity contribution in [2.24, 2.45) is 0 Å². The number of methoxy groups -OCH3 is 1. The molecule has 0 aliphatic rings. The predicted molar refractivity (Wildman–Crippen MR) is 85.8 cm³/mol. The normalized spacial score (nSPS) is 10.7. The van der Waals surface area contributed by atoms with Crippen molar-refractivity contribution in [3.05, 3.63) is 34.3 Å². The van der Waals surface area contributed by atoms with E-state index in [-0.39, 0.29) is 17.4 Å². The van der Waals surface area contributed by atoms with Gasteiger partial charge in [-0.25, -0.2) is 9.48 Å². The highest BCUT2D eigenvalue weighted by atomic mass is 79.9. The number of hydrogen-bond donors (Lipinski definition) is 2. The van der Waals surface area contributed by atoms with E-state index in [2.05, 4.69) is 26.3 Å². The topological polar surface area (TPSA) is 82.2 Å².